The fraction of sp³-hybridized carbons (Fsp3) is 0.444. The van der Waals surface area contributed by atoms with Crippen molar-refractivity contribution in [3.8, 4) is 33.8 Å². The lowest BCUT2D eigenvalue weighted by molar-refractivity contribution is -0.136. The van der Waals surface area contributed by atoms with Gasteiger partial charge in [0.25, 0.3) is 0 Å². The molecule has 5 aromatic rings. The number of rotatable bonds is 11. The zero-order valence-electron chi connectivity index (χ0n) is 35.5. The van der Waals surface area contributed by atoms with Gasteiger partial charge in [0.2, 0.25) is 11.8 Å². The summed E-state index contributed by atoms with van der Waals surface area (Å²) >= 11 is 0. The average Bonchev–Trinajstić information content (AvgIpc) is 4.07. The van der Waals surface area contributed by atoms with Gasteiger partial charge in [0, 0.05) is 18.5 Å². The smallest absolute Gasteiger partial charge is 0.407 e. The molecular weight excluding hydrogens is 763 g/mol. The number of H-pyrrole nitrogens is 2. The number of likely N-dealkylation sites (tertiary alicyclic amines) is 2. The highest BCUT2D eigenvalue weighted by Crippen LogP contribution is 2.38. The van der Waals surface area contributed by atoms with Crippen LogP contribution in [0.2, 0.25) is 0 Å². The van der Waals surface area contributed by atoms with Gasteiger partial charge in [-0.2, -0.15) is 0 Å². The number of nitrogens with one attached hydrogen (secondary N) is 4. The van der Waals surface area contributed by atoms with E-state index in [-0.39, 0.29) is 47.6 Å². The molecule has 2 aromatic carbocycles. The van der Waals surface area contributed by atoms with E-state index in [0.29, 0.717) is 18.9 Å². The second-order valence-electron chi connectivity index (χ2n) is 17.0. The van der Waals surface area contributed by atoms with Gasteiger partial charge >= 0.3 is 12.2 Å². The highest BCUT2D eigenvalue weighted by Gasteiger charge is 2.41. The third kappa shape index (κ3) is 8.70. The molecule has 0 aliphatic carbocycles. The maximum Gasteiger partial charge on any atom is 0.407 e. The predicted molar refractivity (Wildman–Crippen MR) is 227 cm³/mol. The Morgan fingerprint density at radius 1 is 0.667 bits per heavy atom. The number of carbonyl (C=O) groups is 4. The number of aromatic amines is 2. The summed E-state index contributed by atoms with van der Waals surface area (Å²) in [5.41, 5.74) is 6.25. The summed E-state index contributed by atoms with van der Waals surface area (Å²) in [5.74, 6) is 1.40. The summed E-state index contributed by atoms with van der Waals surface area (Å²) < 4.78 is 9.56. The van der Waals surface area contributed by atoms with E-state index in [1.807, 2.05) is 61.9 Å². The van der Waals surface area contributed by atoms with E-state index in [1.165, 1.54) is 14.2 Å². The molecule has 15 nitrogen and oxygen atoms in total. The van der Waals surface area contributed by atoms with Crippen LogP contribution in [0.3, 0.4) is 0 Å². The van der Waals surface area contributed by atoms with Crippen molar-refractivity contribution < 1.29 is 28.7 Å². The molecule has 0 radical (unpaired) electrons. The number of pyridine rings is 1. The summed E-state index contributed by atoms with van der Waals surface area (Å²) in [6.45, 7) is 13.0. The van der Waals surface area contributed by atoms with Gasteiger partial charge in [-0.1, -0.05) is 77.9 Å². The monoisotopic (exact) mass is 817 g/mol. The van der Waals surface area contributed by atoms with Crippen LogP contribution in [-0.4, -0.2) is 98.1 Å². The molecule has 0 bridgehead atoms. The lowest BCUT2D eigenvalue weighted by atomic mass is 10.0. The molecule has 0 saturated carbocycles. The third-order valence-electron chi connectivity index (χ3n) is 11.7. The molecule has 4 amide bonds. The minimum Gasteiger partial charge on any atom is -0.453 e. The van der Waals surface area contributed by atoms with Gasteiger partial charge < -0.3 is 39.9 Å². The van der Waals surface area contributed by atoms with Gasteiger partial charge in [-0.3, -0.25) is 9.59 Å². The number of ether oxygens (including phenoxy) is 2. The van der Waals surface area contributed by atoms with E-state index in [1.54, 1.807) is 6.20 Å². The van der Waals surface area contributed by atoms with Crippen molar-refractivity contribution in [2.24, 2.45) is 23.7 Å². The molecule has 2 aliphatic heterocycles. The molecule has 6 atom stereocenters. The number of benzene rings is 2. The standard InChI is InChI=1S/C45H55N9O6/c1-24(2)38(51-44(57)59-7)42(55)53-22-26(5)17-36(53)40-46-20-34(49-40)29-11-9-28(10-12-29)30-13-15-32-31(19-30)14-16-33(48-32)35-21-47-41(50-35)37-18-27(6)23-54(37)43(56)39(25(3)4)52-45(58)60-8/h9-16,19-21,24-27,36-39H,17-18,22-23H2,1-8H3,(H,46,49)(H,47,50)(H,51,57)(H,52,58)/t26-,27-,36?,37-,38-,39-/m0/s1. The van der Waals surface area contributed by atoms with Crippen LogP contribution >= 0.6 is 0 Å². The van der Waals surface area contributed by atoms with Gasteiger partial charge in [0.05, 0.1) is 61.3 Å². The van der Waals surface area contributed by atoms with Crippen molar-refractivity contribution in [3.63, 3.8) is 0 Å². The van der Waals surface area contributed by atoms with Crippen LogP contribution in [0, 0.1) is 23.7 Å². The second-order valence-corrected chi connectivity index (χ2v) is 17.0. The molecule has 4 N–H and O–H groups in total. The second kappa shape index (κ2) is 17.5. The molecule has 2 aliphatic rings. The molecular formula is C45H55N9O6. The minimum atomic E-state index is -0.713. The van der Waals surface area contributed by atoms with Crippen molar-refractivity contribution >= 4 is 34.9 Å². The summed E-state index contributed by atoms with van der Waals surface area (Å²) in [6, 6.07) is 16.6. The first kappa shape index (κ1) is 41.9. The van der Waals surface area contributed by atoms with Gasteiger partial charge in [-0.25, -0.2) is 24.5 Å². The van der Waals surface area contributed by atoms with Crippen molar-refractivity contribution in [1.29, 1.82) is 0 Å². The average molecular weight is 818 g/mol. The highest BCUT2D eigenvalue weighted by atomic mass is 16.5. The van der Waals surface area contributed by atoms with Crippen molar-refractivity contribution in [1.82, 2.24) is 45.4 Å². The van der Waals surface area contributed by atoms with E-state index in [9.17, 15) is 19.2 Å². The van der Waals surface area contributed by atoms with Crippen LogP contribution in [0.5, 0.6) is 0 Å². The molecule has 0 spiro atoms. The maximum absolute atomic E-state index is 13.7. The van der Waals surface area contributed by atoms with E-state index in [2.05, 4.69) is 70.8 Å². The summed E-state index contributed by atoms with van der Waals surface area (Å²) in [6.07, 6.45) is 3.82. The van der Waals surface area contributed by atoms with Crippen LogP contribution in [0.25, 0.3) is 44.7 Å². The summed E-state index contributed by atoms with van der Waals surface area (Å²) in [7, 11) is 2.58. The Kier molecular flexibility index (Phi) is 12.2. The number of hydrogen-bond donors (Lipinski definition) is 4. The highest BCUT2D eigenvalue weighted by molar-refractivity contribution is 5.88. The zero-order chi connectivity index (χ0) is 42.8. The Balaban J connectivity index is 1.04. The van der Waals surface area contributed by atoms with Crippen LogP contribution < -0.4 is 10.6 Å². The Bertz CT molecular complexity index is 2350. The van der Waals surface area contributed by atoms with E-state index in [4.69, 9.17) is 24.4 Å². The van der Waals surface area contributed by atoms with Crippen molar-refractivity contribution in [2.75, 3.05) is 27.3 Å². The molecule has 7 rings (SSSR count). The number of carbonyl (C=O) groups excluding carboxylic acids is 4. The topological polar surface area (TPSA) is 188 Å². The third-order valence-corrected chi connectivity index (χ3v) is 11.7. The fourth-order valence-electron chi connectivity index (χ4n) is 8.44. The summed E-state index contributed by atoms with van der Waals surface area (Å²) in [4.78, 5) is 76.4. The minimum absolute atomic E-state index is 0.117. The first-order valence-corrected chi connectivity index (χ1v) is 20.7. The zero-order valence-corrected chi connectivity index (χ0v) is 35.5. The lowest BCUT2D eigenvalue weighted by Crippen LogP contribution is -2.51. The molecule has 3 aromatic heterocycles. The molecule has 1 unspecified atom stereocenters. The quantitative estimate of drug-likeness (QED) is 0.106. The van der Waals surface area contributed by atoms with Crippen LogP contribution in [-0.2, 0) is 19.1 Å². The van der Waals surface area contributed by atoms with E-state index >= 15 is 0 Å². The van der Waals surface area contributed by atoms with E-state index in [0.717, 1.165) is 63.3 Å². The molecule has 2 saturated heterocycles. The first-order chi connectivity index (χ1) is 28.7. The Labute approximate surface area is 350 Å². The van der Waals surface area contributed by atoms with Gasteiger partial charge in [0.15, 0.2) is 0 Å². The maximum atomic E-state index is 13.7. The Hall–Kier alpha value is -6.25. The molecule has 5 heterocycles. The van der Waals surface area contributed by atoms with Gasteiger partial charge in [-0.15, -0.1) is 0 Å². The number of alkyl carbamates (subject to hydrolysis) is 2. The summed E-state index contributed by atoms with van der Waals surface area (Å²) in [5, 5.41) is 6.41. The number of aromatic nitrogens is 5. The normalized spacial score (nSPS) is 20.1. The Morgan fingerprint density at radius 2 is 1.15 bits per heavy atom. The number of amides is 4. The van der Waals surface area contributed by atoms with Gasteiger partial charge in [0.1, 0.15) is 23.7 Å². The van der Waals surface area contributed by atoms with Crippen molar-refractivity contribution in [3.05, 3.63) is 78.6 Å². The van der Waals surface area contributed by atoms with Crippen LogP contribution in [0.15, 0.2) is 67.0 Å². The molecule has 15 heteroatoms. The largest absolute Gasteiger partial charge is 0.453 e. The SMILES string of the molecule is COC(=O)N[C@H](C(=O)N1C[C@@H](C)CC1c1ncc(-c2ccc(-c3ccc4nc(-c5cnc([C@@H]6C[C@H](C)CN6C(=O)[C@@H](NC(=O)OC)C(C)C)[nH]5)ccc4c3)cc2)[nH]1)C(C)C. The van der Waals surface area contributed by atoms with Crippen molar-refractivity contribution in [2.45, 2.75) is 78.6 Å². The van der Waals surface area contributed by atoms with Crippen LogP contribution in [0.1, 0.15) is 78.1 Å². The predicted octanol–water partition coefficient (Wildman–Crippen LogP) is 7.26. The molecule has 2 fully saturated rings. The first-order valence-electron chi connectivity index (χ1n) is 20.7. The lowest BCUT2D eigenvalue weighted by Gasteiger charge is -2.30. The number of hydrogen-bond acceptors (Lipinski definition) is 9. The Morgan fingerprint density at radius 3 is 1.67 bits per heavy atom. The number of imidazole rings is 2. The van der Waals surface area contributed by atoms with Gasteiger partial charge in [-0.05, 0) is 71.4 Å². The number of methoxy groups -OCH3 is 2. The number of fused-ring (bicyclic) bond motifs is 1. The van der Waals surface area contributed by atoms with Crippen LogP contribution in [0.4, 0.5) is 9.59 Å². The fourth-order valence-corrected chi connectivity index (χ4v) is 8.44. The number of nitrogens with zero attached hydrogens (tertiary/aromatic N) is 5. The van der Waals surface area contributed by atoms with E-state index < -0.39 is 24.3 Å². The molecule has 316 valence electrons. The molecule has 60 heavy (non-hydrogen) atoms.